The molecule has 29 heavy (non-hydrogen) atoms. The van der Waals surface area contributed by atoms with E-state index in [0.29, 0.717) is 31.9 Å². The standard InChI is InChI=1S/C20H23F2N5O2/c1-27-10-23-9-17(27)18-25-15(11-2-4-29-5-3-11)8-16(26-18)19(28)24-12-6-13-14(7-12)20(13,21)22/h8-14H,2-7H2,1H3,(H,24,28). The first kappa shape index (κ1) is 18.6. The molecule has 2 aliphatic carbocycles. The maximum atomic E-state index is 13.4. The van der Waals surface area contributed by atoms with Crippen molar-refractivity contribution in [3.05, 3.63) is 30.0 Å². The predicted molar refractivity (Wildman–Crippen MR) is 99.4 cm³/mol. The molecule has 2 aromatic rings. The van der Waals surface area contributed by atoms with Gasteiger partial charge in [-0.25, -0.2) is 23.7 Å². The van der Waals surface area contributed by atoms with Crippen LogP contribution in [0.5, 0.6) is 0 Å². The average molecular weight is 403 g/mol. The summed E-state index contributed by atoms with van der Waals surface area (Å²) in [7, 11) is 1.84. The average Bonchev–Trinajstić information content (AvgIpc) is 3.13. The van der Waals surface area contributed by atoms with Crippen LogP contribution in [0.15, 0.2) is 18.6 Å². The quantitative estimate of drug-likeness (QED) is 0.849. The van der Waals surface area contributed by atoms with Gasteiger partial charge in [0.2, 0.25) is 0 Å². The molecule has 2 unspecified atom stereocenters. The molecule has 9 heteroatoms. The molecular formula is C20H23F2N5O2. The predicted octanol–water partition coefficient (Wildman–Crippen LogP) is 2.54. The van der Waals surface area contributed by atoms with Gasteiger partial charge in [-0.05, 0) is 31.7 Å². The second-order valence-corrected chi connectivity index (χ2v) is 8.31. The number of nitrogens with one attached hydrogen (secondary N) is 1. The summed E-state index contributed by atoms with van der Waals surface area (Å²) in [5, 5.41) is 2.90. The van der Waals surface area contributed by atoms with Gasteiger partial charge in [0.1, 0.15) is 11.4 Å². The molecule has 1 saturated heterocycles. The number of aryl methyl sites for hydroxylation is 1. The Labute approximate surface area is 166 Å². The molecule has 0 bridgehead atoms. The number of amides is 1. The Kier molecular flexibility index (Phi) is 4.38. The minimum Gasteiger partial charge on any atom is -0.381 e. The molecule has 1 N–H and O–H groups in total. The van der Waals surface area contributed by atoms with E-state index in [2.05, 4.69) is 15.3 Å². The van der Waals surface area contributed by atoms with Crippen molar-refractivity contribution in [2.24, 2.45) is 18.9 Å². The van der Waals surface area contributed by atoms with Crippen molar-refractivity contribution in [2.75, 3.05) is 13.2 Å². The number of nitrogens with zero attached hydrogens (tertiary/aromatic N) is 4. The Morgan fingerprint density at radius 1 is 1.24 bits per heavy atom. The number of aromatic nitrogens is 4. The molecule has 2 atom stereocenters. The van der Waals surface area contributed by atoms with Crippen molar-refractivity contribution in [1.29, 1.82) is 0 Å². The maximum Gasteiger partial charge on any atom is 0.270 e. The van der Waals surface area contributed by atoms with Gasteiger partial charge in [0, 0.05) is 49.8 Å². The molecular weight excluding hydrogens is 380 g/mol. The number of carbonyl (C=O) groups is 1. The van der Waals surface area contributed by atoms with Gasteiger partial charge >= 0.3 is 0 Å². The van der Waals surface area contributed by atoms with Crippen LogP contribution in [0.2, 0.25) is 0 Å². The number of hydrogen-bond acceptors (Lipinski definition) is 5. The number of hydrogen-bond donors (Lipinski definition) is 1. The molecule has 0 aromatic carbocycles. The number of ether oxygens (including phenoxy) is 1. The van der Waals surface area contributed by atoms with E-state index in [1.807, 2.05) is 7.05 Å². The monoisotopic (exact) mass is 403 g/mol. The van der Waals surface area contributed by atoms with Crippen molar-refractivity contribution in [1.82, 2.24) is 24.8 Å². The molecule has 0 spiro atoms. The van der Waals surface area contributed by atoms with Gasteiger partial charge in [-0.15, -0.1) is 0 Å². The van der Waals surface area contributed by atoms with Gasteiger partial charge < -0.3 is 14.6 Å². The van der Waals surface area contributed by atoms with E-state index in [1.54, 1.807) is 23.2 Å². The van der Waals surface area contributed by atoms with Crippen molar-refractivity contribution >= 4 is 5.91 Å². The van der Waals surface area contributed by atoms with Crippen molar-refractivity contribution in [2.45, 2.75) is 43.6 Å². The van der Waals surface area contributed by atoms with E-state index < -0.39 is 17.8 Å². The lowest BCUT2D eigenvalue weighted by Crippen LogP contribution is -2.36. The van der Waals surface area contributed by atoms with Crippen molar-refractivity contribution in [3.8, 4) is 11.5 Å². The number of fused-ring (bicyclic) bond motifs is 1. The van der Waals surface area contributed by atoms with Crippen molar-refractivity contribution < 1.29 is 18.3 Å². The lowest BCUT2D eigenvalue weighted by Gasteiger charge is -2.22. The molecule has 0 radical (unpaired) electrons. The largest absolute Gasteiger partial charge is 0.381 e. The molecule has 3 aliphatic rings. The van der Waals surface area contributed by atoms with Crippen LogP contribution in [0, 0.1) is 11.8 Å². The zero-order valence-electron chi connectivity index (χ0n) is 16.1. The van der Waals surface area contributed by atoms with E-state index in [4.69, 9.17) is 9.72 Å². The zero-order chi connectivity index (χ0) is 20.2. The maximum absolute atomic E-state index is 13.4. The summed E-state index contributed by atoms with van der Waals surface area (Å²) in [5.41, 5.74) is 1.80. The number of imidazole rings is 1. The van der Waals surface area contributed by atoms with E-state index in [-0.39, 0.29) is 23.6 Å². The molecule has 3 heterocycles. The molecule has 1 amide bonds. The third-order valence-corrected chi connectivity index (χ3v) is 6.44. The fourth-order valence-electron chi connectivity index (χ4n) is 4.66. The smallest absolute Gasteiger partial charge is 0.270 e. The van der Waals surface area contributed by atoms with Crippen LogP contribution in [-0.4, -0.2) is 50.6 Å². The number of halogens is 2. The fourth-order valence-corrected chi connectivity index (χ4v) is 4.66. The summed E-state index contributed by atoms with van der Waals surface area (Å²) in [4.78, 5) is 26.2. The van der Waals surface area contributed by atoms with Crippen LogP contribution in [0.1, 0.15) is 47.8 Å². The van der Waals surface area contributed by atoms with Gasteiger partial charge in [0.05, 0.1) is 12.5 Å². The van der Waals surface area contributed by atoms with E-state index in [1.165, 1.54) is 0 Å². The molecule has 2 saturated carbocycles. The van der Waals surface area contributed by atoms with Crippen LogP contribution in [0.3, 0.4) is 0 Å². The topological polar surface area (TPSA) is 81.9 Å². The summed E-state index contributed by atoms with van der Waals surface area (Å²) < 4.78 is 34.1. The Hall–Kier alpha value is -2.42. The third-order valence-electron chi connectivity index (χ3n) is 6.44. The van der Waals surface area contributed by atoms with Crippen LogP contribution in [0.4, 0.5) is 8.78 Å². The minimum absolute atomic E-state index is 0.197. The van der Waals surface area contributed by atoms with Gasteiger partial charge in [0.25, 0.3) is 11.8 Å². The first-order valence-electron chi connectivity index (χ1n) is 10.1. The summed E-state index contributed by atoms with van der Waals surface area (Å²) in [5.74, 6) is -3.40. The fraction of sp³-hybridized carbons (Fsp3) is 0.600. The van der Waals surface area contributed by atoms with Crippen LogP contribution < -0.4 is 5.32 Å². The van der Waals surface area contributed by atoms with Gasteiger partial charge in [-0.2, -0.15) is 0 Å². The SMILES string of the molecule is Cn1cncc1-c1nc(C(=O)NC2CC3C(C2)C3(F)F)cc(C2CCOCC2)n1. The highest BCUT2D eigenvalue weighted by Crippen LogP contribution is 2.64. The highest BCUT2D eigenvalue weighted by atomic mass is 19.3. The molecule has 7 nitrogen and oxygen atoms in total. The van der Waals surface area contributed by atoms with E-state index in [0.717, 1.165) is 24.2 Å². The summed E-state index contributed by atoms with van der Waals surface area (Å²) in [6.07, 6.45) is 5.65. The Bertz CT molecular complexity index is 927. The Morgan fingerprint density at radius 3 is 2.62 bits per heavy atom. The number of carbonyl (C=O) groups excluding carboxylic acids is 1. The molecule has 1 aliphatic heterocycles. The van der Waals surface area contributed by atoms with E-state index in [9.17, 15) is 13.6 Å². The summed E-state index contributed by atoms with van der Waals surface area (Å²) in [6.45, 7) is 1.33. The summed E-state index contributed by atoms with van der Waals surface area (Å²) in [6, 6.07) is 1.51. The Morgan fingerprint density at radius 2 is 1.97 bits per heavy atom. The lowest BCUT2D eigenvalue weighted by molar-refractivity contribution is 0.0648. The molecule has 2 aromatic heterocycles. The van der Waals surface area contributed by atoms with Crippen molar-refractivity contribution in [3.63, 3.8) is 0 Å². The van der Waals surface area contributed by atoms with Gasteiger partial charge in [-0.3, -0.25) is 4.79 Å². The first-order chi connectivity index (χ1) is 13.9. The molecule has 3 fully saturated rings. The third kappa shape index (κ3) is 3.31. The highest BCUT2D eigenvalue weighted by Gasteiger charge is 2.71. The minimum atomic E-state index is -2.54. The lowest BCUT2D eigenvalue weighted by atomic mass is 9.95. The van der Waals surface area contributed by atoms with Gasteiger partial charge in [-0.1, -0.05) is 0 Å². The van der Waals surface area contributed by atoms with E-state index >= 15 is 0 Å². The molecule has 154 valence electrons. The summed E-state index contributed by atoms with van der Waals surface area (Å²) >= 11 is 0. The highest BCUT2D eigenvalue weighted by molar-refractivity contribution is 5.93. The van der Waals surface area contributed by atoms with Crippen LogP contribution >= 0.6 is 0 Å². The second-order valence-electron chi connectivity index (χ2n) is 8.31. The van der Waals surface area contributed by atoms with Crippen LogP contribution in [0.25, 0.3) is 11.5 Å². The first-order valence-corrected chi connectivity index (χ1v) is 10.1. The van der Waals surface area contributed by atoms with Gasteiger partial charge in [0.15, 0.2) is 5.82 Å². The normalized spacial score (nSPS) is 28.2. The number of alkyl halides is 2. The second kappa shape index (κ2) is 6.83. The Balaban J connectivity index is 1.40. The zero-order valence-corrected chi connectivity index (χ0v) is 16.1. The van der Waals surface area contributed by atoms with Crippen LogP contribution in [-0.2, 0) is 11.8 Å². The molecule has 5 rings (SSSR count). The number of rotatable bonds is 4.